The number of carbonyl (C=O) groups is 2. The molecule has 0 radical (unpaired) electrons. The van der Waals surface area contributed by atoms with Crippen LogP contribution in [0.4, 0.5) is 18.0 Å². The normalized spacial score (nSPS) is 21.6. The van der Waals surface area contributed by atoms with Gasteiger partial charge in [-0.2, -0.15) is 13.2 Å². The molecule has 0 saturated carbocycles. The van der Waals surface area contributed by atoms with Gasteiger partial charge in [0.1, 0.15) is 0 Å². The summed E-state index contributed by atoms with van der Waals surface area (Å²) in [7, 11) is 1.58. The number of rotatable bonds is 7. The third-order valence-electron chi connectivity index (χ3n) is 8.51. The van der Waals surface area contributed by atoms with E-state index in [4.69, 9.17) is 0 Å². The molecule has 7 nitrogen and oxygen atoms in total. The first-order valence-corrected chi connectivity index (χ1v) is 13.2. The number of fused-ring (bicyclic) bond motifs is 1. The van der Waals surface area contributed by atoms with E-state index in [1.807, 2.05) is 31.2 Å². The topological polar surface area (TPSA) is 84.3 Å². The number of amides is 3. The standard InChI is InChI=1S/C29H36F3N3O4/c1-19-7-4-5-10-23(19)25-24-18-28(11-15-36,12-16-37)26(38)34(24)13-14-35(25)27(39)33(3)20(2)21-8-6-9-22(17-21)29(30,31)32/h4-10,17,20,24-25,36-37H,11-16,18H2,1-3H3/t20-,24+,25+/m1/s1. The fraction of sp³-hybridized carbons (Fsp3) is 0.517. The Hall–Kier alpha value is -3.11. The Bertz CT molecular complexity index is 1200. The Morgan fingerprint density at radius 3 is 2.38 bits per heavy atom. The molecule has 10 heteroatoms. The van der Waals surface area contributed by atoms with Gasteiger partial charge in [-0.1, -0.05) is 36.4 Å². The molecule has 2 heterocycles. The van der Waals surface area contributed by atoms with Crippen LogP contribution in [0.5, 0.6) is 0 Å². The molecule has 2 aromatic carbocycles. The molecule has 0 aliphatic carbocycles. The molecule has 0 unspecified atom stereocenters. The quantitative estimate of drug-likeness (QED) is 0.534. The second-order valence-corrected chi connectivity index (χ2v) is 10.7. The number of hydrogen-bond acceptors (Lipinski definition) is 4. The van der Waals surface area contributed by atoms with Gasteiger partial charge < -0.3 is 24.9 Å². The van der Waals surface area contributed by atoms with Crippen LogP contribution in [0.1, 0.15) is 60.5 Å². The van der Waals surface area contributed by atoms with Gasteiger partial charge in [0.15, 0.2) is 0 Å². The van der Waals surface area contributed by atoms with E-state index < -0.39 is 29.2 Å². The average Bonchev–Trinajstić information content (AvgIpc) is 3.18. The molecule has 2 aromatic rings. The second-order valence-electron chi connectivity index (χ2n) is 10.7. The molecular weight excluding hydrogens is 511 g/mol. The van der Waals surface area contributed by atoms with Crippen molar-refractivity contribution in [3.05, 3.63) is 70.8 Å². The number of aryl methyl sites for hydroxylation is 1. The number of nitrogens with zero attached hydrogens (tertiary/aromatic N) is 3. The summed E-state index contributed by atoms with van der Waals surface area (Å²) in [6, 6.07) is 10.8. The monoisotopic (exact) mass is 547 g/mol. The minimum absolute atomic E-state index is 0.119. The van der Waals surface area contributed by atoms with Gasteiger partial charge in [-0.15, -0.1) is 0 Å². The Morgan fingerprint density at radius 2 is 1.77 bits per heavy atom. The number of carbonyl (C=O) groups excluding carboxylic acids is 2. The zero-order valence-electron chi connectivity index (χ0n) is 22.5. The molecule has 2 fully saturated rings. The SMILES string of the molecule is Cc1ccccc1[C@H]1[C@@H]2CC(CCO)(CCO)C(=O)N2CCN1C(=O)N(C)[C@H](C)c1cccc(C(F)(F)F)c1. The van der Waals surface area contributed by atoms with Crippen LogP contribution in [0.3, 0.4) is 0 Å². The molecule has 39 heavy (non-hydrogen) atoms. The molecule has 0 bridgehead atoms. The van der Waals surface area contributed by atoms with Gasteiger partial charge in [0.25, 0.3) is 0 Å². The Kier molecular flexibility index (Phi) is 8.28. The summed E-state index contributed by atoms with van der Waals surface area (Å²) in [6.07, 6.45) is -3.67. The van der Waals surface area contributed by atoms with E-state index in [-0.39, 0.29) is 50.6 Å². The third-order valence-corrected chi connectivity index (χ3v) is 8.51. The fourth-order valence-electron chi connectivity index (χ4n) is 6.21. The maximum atomic E-state index is 14.0. The lowest BCUT2D eigenvalue weighted by Gasteiger charge is -2.47. The zero-order valence-corrected chi connectivity index (χ0v) is 22.5. The van der Waals surface area contributed by atoms with E-state index in [1.54, 1.807) is 29.8 Å². The van der Waals surface area contributed by atoms with Gasteiger partial charge in [0, 0.05) is 33.4 Å². The highest BCUT2D eigenvalue weighted by Gasteiger charge is 2.56. The van der Waals surface area contributed by atoms with Crippen molar-refractivity contribution in [2.45, 2.75) is 57.4 Å². The van der Waals surface area contributed by atoms with E-state index in [9.17, 15) is 33.0 Å². The van der Waals surface area contributed by atoms with Gasteiger partial charge in [-0.25, -0.2) is 4.79 Å². The average molecular weight is 548 g/mol. The van der Waals surface area contributed by atoms with Crippen LogP contribution in [0, 0.1) is 12.3 Å². The Morgan fingerprint density at radius 1 is 1.10 bits per heavy atom. The highest BCUT2D eigenvalue weighted by atomic mass is 19.4. The van der Waals surface area contributed by atoms with Crippen LogP contribution in [0.25, 0.3) is 0 Å². The number of urea groups is 1. The lowest BCUT2D eigenvalue weighted by Crippen LogP contribution is -2.57. The van der Waals surface area contributed by atoms with Gasteiger partial charge in [-0.05, 0) is 61.9 Å². The minimum atomic E-state index is -4.49. The first kappa shape index (κ1) is 28.9. The predicted molar refractivity (Wildman–Crippen MR) is 140 cm³/mol. The first-order chi connectivity index (χ1) is 18.4. The molecular formula is C29H36F3N3O4. The summed E-state index contributed by atoms with van der Waals surface area (Å²) in [6.45, 7) is 3.79. The minimum Gasteiger partial charge on any atom is -0.396 e. The summed E-state index contributed by atoms with van der Waals surface area (Å²) < 4.78 is 40.0. The lowest BCUT2D eigenvalue weighted by molar-refractivity contribution is -0.140. The summed E-state index contributed by atoms with van der Waals surface area (Å²) in [4.78, 5) is 32.6. The number of halogens is 3. The molecule has 4 rings (SSSR count). The van der Waals surface area contributed by atoms with Crippen molar-refractivity contribution in [3.63, 3.8) is 0 Å². The van der Waals surface area contributed by atoms with Crippen LogP contribution in [-0.2, 0) is 11.0 Å². The van der Waals surface area contributed by atoms with E-state index in [0.717, 1.165) is 23.3 Å². The smallest absolute Gasteiger partial charge is 0.396 e. The van der Waals surface area contributed by atoms with Crippen molar-refractivity contribution in [2.75, 3.05) is 33.4 Å². The largest absolute Gasteiger partial charge is 0.416 e. The third kappa shape index (κ3) is 5.36. The number of hydrogen-bond donors (Lipinski definition) is 2. The van der Waals surface area contributed by atoms with Crippen molar-refractivity contribution in [3.8, 4) is 0 Å². The number of aliphatic hydroxyl groups is 2. The first-order valence-electron chi connectivity index (χ1n) is 13.2. The fourth-order valence-corrected chi connectivity index (χ4v) is 6.21. The van der Waals surface area contributed by atoms with Gasteiger partial charge >= 0.3 is 12.2 Å². The van der Waals surface area contributed by atoms with E-state index in [1.165, 1.54) is 11.0 Å². The lowest BCUT2D eigenvalue weighted by atomic mass is 9.77. The van der Waals surface area contributed by atoms with Crippen molar-refractivity contribution in [1.29, 1.82) is 0 Å². The Balaban J connectivity index is 1.70. The van der Waals surface area contributed by atoms with E-state index in [0.29, 0.717) is 18.5 Å². The molecule has 2 N–H and O–H groups in total. The molecule has 0 aromatic heterocycles. The molecule has 2 saturated heterocycles. The maximum Gasteiger partial charge on any atom is 0.416 e. The summed E-state index contributed by atoms with van der Waals surface area (Å²) in [5.41, 5.74) is 0.522. The highest BCUT2D eigenvalue weighted by molar-refractivity contribution is 5.86. The second kappa shape index (κ2) is 11.2. The predicted octanol–water partition coefficient (Wildman–Crippen LogP) is 4.54. The molecule has 2 aliphatic rings. The van der Waals surface area contributed by atoms with Crippen molar-refractivity contribution in [1.82, 2.24) is 14.7 Å². The van der Waals surface area contributed by atoms with Crippen LogP contribution in [-0.4, -0.2) is 76.2 Å². The van der Waals surface area contributed by atoms with Gasteiger partial charge in [0.05, 0.1) is 29.1 Å². The molecule has 212 valence electrons. The highest BCUT2D eigenvalue weighted by Crippen LogP contribution is 2.49. The van der Waals surface area contributed by atoms with Crippen LogP contribution < -0.4 is 0 Å². The van der Waals surface area contributed by atoms with Crippen LogP contribution >= 0.6 is 0 Å². The number of piperazine rings is 1. The van der Waals surface area contributed by atoms with E-state index >= 15 is 0 Å². The molecule has 3 atom stereocenters. The van der Waals surface area contributed by atoms with Gasteiger partial charge in [0.2, 0.25) is 5.91 Å². The van der Waals surface area contributed by atoms with Crippen LogP contribution in [0.2, 0.25) is 0 Å². The van der Waals surface area contributed by atoms with Crippen molar-refractivity contribution >= 4 is 11.9 Å². The van der Waals surface area contributed by atoms with Crippen molar-refractivity contribution in [2.24, 2.45) is 5.41 Å². The molecule has 2 aliphatic heterocycles. The maximum absolute atomic E-state index is 14.0. The summed E-state index contributed by atoms with van der Waals surface area (Å²) in [5.74, 6) is -0.119. The van der Waals surface area contributed by atoms with Gasteiger partial charge in [-0.3, -0.25) is 4.79 Å². The number of benzene rings is 2. The number of alkyl halides is 3. The molecule has 0 spiro atoms. The molecule has 3 amide bonds. The van der Waals surface area contributed by atoms with Crippen LogP contribution in [0.15, 0.2) is 48.5 Å². The summed E-state index contributed by atoms with van der Waals surface area (Å²) >= 11 is 0. The zero-order chi connectivity index (χ0) is 28.5. The van der Waals surface area contributed by atoms with E-state index in [2.05, 4.69) is 0 Å². The number of aliphatic hydroxyl groups excluding tert-OH is 2. The Labute approximate surface area is 226 Å². The summed E-state index contributed by atoms with van der Waals surface area (Å²) in [5, 5.41) is 19.5. The van der Waals surface area contributed by atoms with Crippen molar-refractivity contribution < 1.29 is 33.0 Å².